The van der Waals surface area contributed by atoms with Crippen LogP contribution in [0.1, 0.15) is 18.9 Å². The van der Waals surface area contributed by atoms with Crippen LogP contribution in [0.15, 0.2) is 18.3 Å². The number of aliphatic hydroxyl groups excluding tert-OH is 1. The van der Waals surface area contributed by atoms with Gasteiger partial charge in [0.25, 0.3) is 0 Å². The van der Waals surface area contributed by atoms with Crippen molar-refractivity contribution in [3.05, 3.63) is 23.9 Å². The maximum atomic E-state index is 9.41. The third-order valence-corrected chi connectivity index (χ3v) is 3.42. The van der Waals surface area contributed by atoms with Gasteiger partial charge in [0.2, 0.25) is 0 Å². The average molecular weight is 234 g/mol. The molecule has 1 aliphatic heterocycles. The van der Waals surface area contributed by atoms with Crippen molar-refractivity contribution in [1.82, 2.24) is 4.98 Å². The Kier molecular flexibility index (Phi) is 3.28. The highest BCUT2D eigenvalue weighted by Crippen LogP contribution is 2.28. The monoisotopic (exact) mass is 234 g/mol. The first-order valence-electron chi connectivity index (χ1n) is 5.81. The van der Waals surface area contributed by atoms with Crippen LogP contribution in [-0.2, 0) is 0 Å². The Balaban J connectivity index is 2.28. The number of aromatic nitrogens is 1. The molecule has 2 unspecified atom stereocenters. The van der Waals surface area contributed by atoms with Crippen molar-refractivity contribution in [1.29, 1.82) is 5.41 Å². The molecule has 1 fully saturated rings. The van der Waals surface area contributed by atoms with Gasteiger partial charge in [-0.25, -0.2) is 4.98 Å². The minimum absolute atomic E-state index is 0.0430. The van der Waals surface area contributed by atoms with Crippen molar-refractivity contribution >= 4 is 11.7 Å². The molecule has 0 aromatic carbocycles. The molecule has 2 rings (SSSR count). The van der Waals surface area contributed by atoms with Gasteiger partial charge in [-0.15, -0.1) is 0 Å². The summed E-state index contributed by atoms with van der Waals surface area (Å²) in [5, 5.41) is 16.8. The Morgan fingerprint density at radius 1 is 1.71 bits per heavy atom. The zero-order valence-electron chi connectivity index (χ0n) is 9.93. The molecule has 1 aliphatic rings. The van der Waals surface area contributed by atoms with E-state index in [4.69, 9.17) is 11.1 Å². The molecule has 92 valence electrons. The number of nitrogens with one attached hydrogen (secondary N) is 1. The molecule has 1 aromatic rings. The fourth-order valence-electron chi connectivity index (χ4n) is 2.31. The van der Waals surface area contributed by atoms with E-state index in [0.717, 1.165) is 18.8 Å². The van der Waals surface area contributed by atoms with Crippen molar-refractivity contribution < 1.29 is 5.11 Å². The first-order chi connectivity index (χ1) is 8.13. The van der Waals surface area contributed by atoms with E-state index in [-0.39, 0.29) is 18.5 Å². The van der Waals surface area contributed by atoms with Crippen molar-refractivity contribution in [2.24, 2.45) is 11.7 Å². The molecule has 1 saturated heterocycles. The molecule has 0 amide bonds. The van der Waals surface area contributed by atoms with Crippen LogP contribution in [0.3, 0.4) is 0 Å². The Bertz CT molecular complexity index is 421. The summed E-state index contributed by atoms with van der Waals surface area (Å²) in [6.45, 7) is 3.16. The Labute approximate surface area is 101 Å². The maximum Gasteiger partial charge on any atom is 0.129 e. The van der Waals surface area contributed by atoms with Gasteiger partial charge >= 0.3 is 0 Å². The lowest BCUT2D eigenvalue weighted by atomic mass is 10.0. The minimum atomic E-state index is 0.0430. The predicted octanol–water partition coefficient (Wildman–Crippen LogP) is 0.573. The lowest BCUT2D eigenvalue weighted by Gasteiger charge is -2.26. The lowest BCUT2D eigenvalue weighted by molar-refractivity contribution is 0.244. The molecule has 4 N–H and O–H groups in total. The van der Waals surface area contributed by atoms with E-state index in [0.29, 0.717) is 11.5 Å². The molecular formula is C12H18N4O. The summed E-state index contributed by atoms with van der Waals surface area (Å²) in [4.78, 5) is 6.39. The van der Waals surface area contributed by atoms with Gasteiger partial charge in [0.1, 0.15) is 11.7 Å². The van der Waals surface area contributed by atoms with Gasteiger partial charge in [-0.2, -0.15) is 0 Å². The lowest BCUT2D eigenvalue weighted by Crippen LogP contribution is -2.35. The Hall–Kier alpha value is -1.62. The van der Waals surface area contributed by atoms with E-state index in [1.165, 1.54) is 0 Å². The number of nitrogens with zero attached hydrogens (tertiary/aromatic N) is 2. The fraction of sp³-hybridized carbons (Fsp3) is 0.500. The average Bonchev–Trinajstić information content (AvgIpc) is 2.70. The van der Waals surface area contributed by atoms with Gasteiger partial charge in [0, 0.05) is 18.3 Å². The zero-order chi connectivity index (χ0) is 12.4. The summed E-state index contributed by atoms with van der Waals surface area (Å²) in [6.07, 6.45) is 2.71. The number of pyridine rings is 1. The molecule has 0 bridgehead atoms. The van der Waals surface area contributed by atoms with Crippen LogP contribution in [0, 0.1) is 11.3 Å². The number of anilines is 1. The van der Waals surface area contributed by atoms with E-state index in [2.05, 4.69) is 16.8 Å². The summed E-state index contributed by atoms with van der Waals surface area (Å²) >= 11 is 0. The number of amidine groups is 1. The smallest absolute Gasteiger partial charge is 0.129 e. The second-order valence-electron chi connectivity index (χ2n) is 4.53. The predicted molar refractivity (Wildman–Crippen MR) is 67.3 cm³/mol. The summed E-state index contributed by atoms with van der Waals surface area (Å²) < 4.78 is 0. The Morgan fingerprint density at radius 3 is 3.12 bits per heavy atom. The maximum absolute atomic E-state index is 9.41. The highest BCUT2D eigenvalue weighted by Gasteiger charge is 2.31. The third-order valence-electron chi connectivity index (χ3n) is 3.42. The van der Waals surface area contributed by atoms with Crippen LogP contribution >= 0.6 is 0 Å². The van der Waals surface area contributed by atoms with Gasteiger partial charge in [0.05, 0.1) is 12.6 Å². The summed E-state index contributed by atoms with van der Waals surface area (Å²) in [6, 6.07) is 3.65. The van der Waals surface area contributed by atoms with Gasteiger partial charge in [-0.3, -0.25) is 5.41 Å². The second-order valence-corrected chi connectivity index (χ2v) is 4.53. The van der Waals surface area contributed by atoms with E-state index in [1.54, 1.807) is 12.3 Å². The van der Waals surface area contributed by atoms with Crippen LogP contribution in [0.4, 0.5) is 5.82 Å². The Morgan fingerprint density at radius 2 is 2.47 bits per heavy atom. The molecule has 1 aromatic heterocycles. The van der Waals surface area contributed by atoms with Gasteiger partial charge in [-0.05, 0) is 24.5 Å². The SMILES string of the molecule is CC1CCN(c2cc(C(=N)N)ccn2)C1CO. The molecule has 2 atom stereocenters. The van der Waals surface area contributed by atoms with Gasteiger partial charge in [-0.1, -0.05) is 6.92 Å². The summed E-state index contributed by atoms with van der Waals surface area (Å²) in [7, 11) is 0. The standard InChI is InChI=1S/C12H18N4O/c1-8-3-5-16(10(8)7-17)11-6-9(12(13)14)2-4-15-11/h2,4,6,8,10,17H,3,5,7H2,1H3,(H3,13,14). The first-order valence-corrected chi connectivity index (χ1v) is 5.81. The van der Waals surface area contributed by atoms with Crippen LogP contribution in [0.5, 0.6) is 0 Å². The molecule has 0 spiro atoms. The van der Waals surface area contributed by atoms with Gasteiger partial charge < -0.3 is 15.7 Å². The number of nitrogen functional groups attached to an aromatic ring is 1. The summed E-state index contributed by atoms with van der Waals surface area (Å²) in [5.41, 5.74) is 6.14. The van der Waals surface area contributed by atoms with E-state index in [9.17, 15) is 5.11 Å². The fourth-order valence-corrected chi connectivity index (χ4v) is 2.31. The molecule has 2 heterocycles. The highest BCUT2D eigenvalue weighted by molar-refractivity contribution is 5.95. The zero-order valence-corrected chi connectivity index (χ0v) is 9.93. The molecule has 5 heteroatoms. The number of rotatable bonds is 3. The largest absolute Gasteiger partial charge is 0.394 e. The normalized spacial score (nSPS) is 24.0. The van der Waals surface area contributed by atoms with Crippen molar-refractivity contribution in [3.63, 3.8) is 0 Å². The highest BCUT2D eigenvalue weighted by atomic mass is 16.3. The minimum Gasteiger partial charge on any atom is -0.394 e. The van der Waals surface area contributed by atoms with E-state index >= 15 is 0 Å². The number of hydrogen-bond donors (Lipinski definition) is 3. The van der Waals surface area contributed by atoms with Crippen LogP contribution in [0.25, 0.3) is 0 Å². The van der Waals surface area contributed by atoms with E-state index in [1.807, 2.05) is 6.07 Å². The molecule has 0 aliphatic carbocycles. The second kappa shape index (κ2) is 4.71. The van der Waals surface area contributed by atoms with Crippen molar-refractivity contribution in [3.8, 4) is 0 Å². The topological polar surface area (TPSA) is 86.2 Å². The van der Waals surface area contributed by atoms with Gasteiger partial charge in [0.15, 0.2) is 0 Å². The molecule has 5 nitrogen and oxygen atoms in total. The molecular weight excluding hydrogens is 216 g/mol. The van der Waals surface area contributed by atoms with Crippen LogP contribution in [-0.4, -0.2) is 35.1 Å². The number of aliphatic hydroxyl groups is 1. The summed E-state index contributed by atoms with van der Waals surface area (Å²) in [5.74, 6) is 1.30. The molecule has 0 radical (unpaired) electrons. The first kappa shape index (κ1) is 11.9. The quantitative estimate of drug-likeness (QED) is 0.527. The van der Waals surface area contributed by atoms with Crippen molar-refractivity contribution in [2.45, 2.75) is 19.4 Å². The third kappa shape index (κ3) is 2.24. The number of nitrogens with two attached hydrogens (primary N) is 1. The van der Waals surface area contributed by atoms with Crippen LogP contribution in [0.2, 0.25) is 0 Å². The number of hydrogen-bond acceptors (Lipinski definition) is 4. The molecule has 0 saturated carbocycles. The molecule has 17 heavy (non-hydrogen) atoms. The van der Waals surface area contributed by atoms with Crippen LogP contribution < -0.4 is 10.6 Å². The van der Waals surface area contributed by atoms with Crippen molar-refractivity contribution in [2.75, 3.05) is 18.1 Å². The van der Waals surface area contributed by atoms with E-state index < -0.39 is 0 Å².